The number of nitrogens with zero attached hydrogens (tertiary/aromatic N) is 2. The van der Waals surface area contributed by atoms with Gasteiger partial charge in [0.2, 0.25) is 5.91 Å². The molecule has 5 amide bonds. The highest BCUT2D eigenvalue weighted by molar-refractivity contribution is 6.45. The minimum Gasteiger partial charge on any atom is -0.352 e. The number of imide groups is 2. The fourth-order valence-electron chi connectivity index (χ4n) is 2.79. The summed E-state index contributed by atoms with van der Waals surface area (Å²) in [5.41, 5.74) is 0. The number of rotatable bonds is 4. The predicted octanol–water partition coefficient (Wildman–Crippen LogP) is -0.00160. The summed E-state index contributed by atoms with van der Waals surface area (Å²) in [4.78, 5) is 49.4. The van der Waals surface area contributed by atoms with Crippen LogP contribution >= 0.6 is 0 Å². The molecule has 3 fully saturated rings. The summed E-state index contributed by atoms with van der Waals surface area (Å²) in [7, 11) is 0. The van der Waals surface area contributed by atoms with Crippen molar-refractivity contribution in [1.29, 1.82) is 0 Å². The molecule has 1 saturated heterocycles. The van der Waals surface area contributed by atoms with Gasteiger partial charge in [0, 0.05) is 12.1 Å². The largest absolute Gasteiger partial charge is 0.352 e. The second-order valence-corrected chi connectivity index (χ2v) is 5.63. The maximum absolute atomic E-state index is 12.2. The Labute approximate surface area is 116 Å². The minimum absolute atomic E-state index is 0.164. The van der Waals surface area contributed by atoms with Crippen LogP contribution in [-0.4, -0.2) is 52.2 Å². The summed E-state index contributed by atoms with van der Waals surface area (Å²) in [6, 6.07) is -0.662. The average molecular weight is 279 g/mol. The Kier molecular flexibility index (Phi) is 3.19. The lowest BCUT2D eigenvalue weighted by atomic mass is 10.2. The van der Waals surface area contributed by atoms with Crippen molar-refractivity contribution >= 4 is 23.8 Å². The van der Waals surface area contributed by atoms with E-state index in [4.69, 9.17) is 0 Å². The van der Waals surface area contributed by atoms with Crippen molar-refractivity contribution in [2.24, 2.45) is 0 Å². The van der Waals surface area contributed by atoms with Gasteiger partial charge in [-0.15, -0.1) is 0 Å². The van der Waals surface area contributed by atoms with Gasteiger partial charge in [-0.1, -0.05) is 12.8 Å². The summed E-state index contributed by atoms with van der Waals surface area (Å²) in [5.74, 6) is -2.05. The monoisotopic (exact) mass is 279 g/mol. The molecule has 0 radical (unpaired) electrons. The zero-order valence-electron chi connectivity index (χ0n) is 11.1. The highest BCUT2D eigenvalue weighted by Gasteiger charge is 2.48. The maximum Gasteiger partial charge on any atom is 0.334 e. The van der Waals surface area contributed by atoms with Gasteiger partial charge in [0.25, 0.3) is 0 Å². The summed E-state index contributed by atoms with van der Waals surface area (Å²) in [6.45, 7) is -0.358. The average Bonchev–Trinajstić information content (AvgIpc) is 3.00. The van der Waals surface area contributed by atoms with E-state index in [2.05, 4.69) is 5.32 Å². The maximum atomic E-state index is 12.2. The van der Waals surface area contributed by atoms with E-state index >= 15 is 0 Å². The van der Waals surface area contributed by atoms with E-state index in [-0.39, 0.29) is 24.5 Å². The molecule has 1 N–H and O–H groups in total. The lowest BCUT2D eigenvalue weighted by Crippen LogP contribution is -2.43. The van der Waals surface area contributed by atoms with Crippen LogP contribution in [0.2, 0.25) is 0 Å². The first-order chi connectivity index (χ1) is 9.58. The molecular weight excluding hydrogens is 262 g/mol. The van der Waals surface area contributed by atoms with Crippen LogP contribution in [0.25, 0.3) is 0 Å². The molecule has 7 heteroatoms. The smallest absolute Gasteiger partial charge is 0.334 e. The second-order valence-electron chi connectivity index (χ2n) is 5.63. The van der Waals surface area contributed by atoms with Crippen LogP contribution in [0.15, 0.2) is 0 Å². The Hall–Kier alpha value is -1.92. The molecule has 3 rings (SSSR count). The molecule has 0 aromatic heterocycles. The van der Waals surface area contributed by atoms with Gasteiger partial charge in [0.05, 0.1) is 0 Å². The van der Waals surface area contributed by atoms with E-state index in [1.165, 1.54) is 0 Å². The molecule has 0 unspecified atom stereocenters. The van der Waals surface area contributed by atoms with Gasteiger partial charge in [-0.2, -0.15) is 0 Å². The van der Waals surface area contributed by atoms with Crippen molar-refractivity contribution in [2.45, 2.75) is 50.6 Å². The van der Waals surface area contributed by atoms with Crippen molar-refractivity contribution in [1.82, 2.24) is 15.1 Å². The fourth-order valence-corrected chi connectivity index (χ4v) is 2.79. The fraction of sp³-hybridized carbons (Fsp3) is 0.692. The van der Waals surface area contributed by atoms with Crippen molar-refractivity contribution in [3.8, 4) is 0 Å². The third-order valence-electron chi connectivity index (χ3n) is 4.02. The van der Waals surface area contributed by atoms with Crippen LogP contribution < -0.4 is 5.32 Å². The van der Waals surface area contributed by atoms with Gasteiger partial charge in [-0.05, 0) is 25.7 Å². The van der Waals surface area contributed by atoms with Crippen molar-refractivity contribution < 1.29 is 19.2 Å². The normalized spacial score (nSPS) is 23.9. The number of hydrogen-bond donors (Lipinski definition) is 1. The minimum atomic E-state index is -0.882. The number of carbonyl (C=O) groups is 4. The predicted molar refractivity (Wildman–Crippen MR) is 67.4 cm³/mol. The Morgan fingerprint density at radius 3 is 2.30 bits per heavy atom. The molecule has 0 aromatic carbocycles. The summed E-state index contributed by atoms with van der Waals surface area (Å²) in [5, 5.41) is 2.71. The van der Waals surface area contributed by atoms with Crippen LogP contribution in [0, 0.1) is 0 Å². The van der Waals surface area contributed by atoms with E-state index in [1.54, 1.807) is 0 Å². The van der Waals surface area contributed by atoms with Crippen LogP contribution in [0.1, 0.15) is 38.5 Å². The van der Waals surface area contributed by atoms with Gasteiger partial charge < -0.3 is 5.32 Å². The lowest BCUT2D eigenvalue weighted by Gasteiger charge is -2.20. The molecule has 0 atom stereocenters. The van der Waals surface area contributed by atoms with E-state index in [0.29, 0.717) is 0 Å². The van der Waals surface area contributed by atoms with Crippen molar-refractivity contribution in [3.63, 3.8) is 0 Å². The lowest BCUT2D eigenvalue weighted by molar-refractivity contribution is -0.144. The third-order valence-corrected chi connectivity index (χ3v) is 4.02. The van der Waals surface area contributed by atoms with Gasteiger partial charge in [0.15, 0.2) is 0 Å². The molecular formula is C13H17N3O4. The summed E-state index contributed by atoms with van der Waals surface area (Å²) >= 11 is 0. The van der Waals surface area contributed by atoms with E-state index in [1.807, 2.05) is 0 Å². The number of amides is 5. The Bertz CT molecular complexity index is 480. The molecule has 20 heavy (non-hydrogen) atoms. The highest BCUT2D eigenvalue weighted by Crippen LogP contribution is 2.27. The number of hydrogen-bond acceptors (Lipinski definition) is 4. The van der Waals surface area contributed by atoms with Gasteiger partial charge >= 0.3 is 17.8 Å². The van der Waals surface area contributed by atoms with Crippen molar-refractivity contribution in [3.05, 3.63) is 0 Å². The zero-order chi connectivity index (χ0) is 14.3. The molecule has 0 aromatic rings. The Morgan fingerprint density at radius 2 is 1.70 bits per heavy atom. The van der Waals surface area contributed by atoms with Crippen LogP contribution in [-0.2, 0) is 14.4 Å². The quantitative estimate of drug-likeness (QED) is 0.579. The van der Waals surface area contributed by atoms with Gasteiger partial charge in [-0.25, -0.2) is 9.69 Å². The molecule has 3 aliphatic rings. The molecule has 1 heterocycles. The highest BCUT2D eigenvalue weighted by atomic mass is 16.2. The van der Waals surface area contributed by atoms with E-state index in [9.17, 15) is 19.2 Å². The standard InChI is InChI=1S/C13H17N3O4/c17-10(14-8-5-6-8)7-15-11(18)12(19)16(13(15)20)9-3-1-2-4-9/h8-9H,1-7H2,(H,14,17). The molecule has 2 aliphatic carbocycles. The number of carbonyl (C=O) groups excluding carboxylic acids is 4. The molecule has 2 saturated carbocycles. The molecule has 7 nitrogen and oxygen atoms in total. The van der Waals surface area contributed by atoms with Crippen molar-refractivity contribution in [2.75, 3.05) is 6.54 Å². The molecule has 0 bridgehead atoms. The van der Waals surface area contributed by atoms with E-state index < -0.39 is 17.8 Å². The first-order valence-electron chi connectivity index (χ1n) is 7.06. The Balaban J connectivity index is 1.68. The topological polar surface area (TPSA) is 86.8 Å². The summed E-state index contributed by atoms with van der Waals surface area (Å²) in [6.07, 6.45) is 5.26. The number of nitrogens with one attached hydrogen (secondary N) is 1. The first-order valence-corrected chi connectivity index (χ1v) is 7.06. The molecule has 108 valence electrons. The van der Waals surface area contributed by atoms with Crippen LogP contribution in [0.3, 0.4) is 0 Å². The van der Waals surface area contributed by atoms with Gasteiger partial charge in [0.1, 0.15) is 6.54 Å². The third kappa shape index (κ3) is 2.28. The Morgan fingerprint density at radius 1 is 1.05 bits per heavy atom. The van der Waals surface area contributed by atoms with E-state index in [0.717, 1.165) is 48.3 Å². The first kappa shape index (κ1) is 13.1. The SMILES string of the molecule is O=C(CN1C(=O)C(=O)N(C2CCCC2)C1=O)NC1CC1. The van der Waals surface area contributed by atoms with Crippen LogP contribution in [0.5, 0.6) is 0 Å². The molecule has 0 spiro atoms. The zero-order valence-corrected chi connectivity index (χ0v) is 11.1. The van der Waals surface area contributed by atoms with Crippen LogP contribution in [0.4, 0.5) is 4.79 Å². The summed E-state index contributed by atoms with van der Waals surface area (Å²) < 4.78 is 0. The van der Waals surface area contributed by atoms with Gasteiger partial charge in [-0.3, -0.25) is 19.3 Å². The molecule has 1 aliphatic heterocycles. The second kappa shape index (κ2) is 4.88. The number of urea groups is 1.